The summed E-state index contributed by atoms with van der Waals surface area (Å²) in [5, 5.41) is 12.3. The normalized spacial score (nSPS) is 13.9. The zero-order valence-corrected chi connectivity index (χ0v) is 22.8. The molecule has 200 valence electrons. The van der Waals surface area contributed by atoms with Crippen LogP contribution in [0.15, 0.2) is 60.7 Å². The van der Waals surface area contributed by atoms with Crippen LogP contribution in [0.4, 0.5) is 4.79 Å². The van der Waals surface area contributed by atoms with Gasteiger partial charge < -0.3 is 29.5 Å². The molecule has 11 heteroatoms. The molecule has 37 heavy (non-hydrogen) atoms. The molecule has 0 fully saturated rings. The number of ether oxygens (including phenoxy) is 3. The number of amides is 1. The predicted molar refractivity (Wildman–Crippen MR) is 145 cm³/mol. The molecule has 0 aliphatic heterocycles. The average molecular weight is 549 g/mol. The summed E-state index contributed by atoms with van der Waals surface area (Å²) in [6, 6.07) is 16.2. The number of aliphatic hydroxyl groups is 1. The number of thioether (sulfide) groups is 1. The van der Waals surface area contributed by atoms with Crippen molar-refractivity contribution in [2.24, 2.45) is 0 Å². The SMILES string of the molecule is COC(=O)[C@@H](NC(=O)OCc1ccccc1)[C@H](C)SC(=S)N(Cc1ccccc1)[C@@H](C(=O)OC)[C@H](C)O. The van der Waals surface area contributed by atoms with Gasteiger partial charge in [-0.2, -0.15) is 0 Å². The van der Waals surface area contributed by atoms with E-state index in [4.69, 9.17) is 26.4 Å². The van der Waals surface area contributed by atoms with Gasteiger partial charge >= 0.3 is 18.0 Å². The fourth-order valence-corrected chi connectivity index (χ4v) is 5.02. The van der Waals surface area contributed by atoms with E-state index in [0.717, 1.165) is 22.9 Å². The van der Waals surface area contributed by atoms with Gasteiger partial charge in [0.25, 0.3) is 0 Å². The topological polar surface area (TPSA) is 114 Å². The van der Waals surface area contributed by atoms with Gasteiger partial charge in [0.05, 0.1) is 20.3 Å². The lowest BCUT2D eigenvalue weighted by Crippen LogP contribution is -2.51. The number of aliphatic hydroxyl groups excluding tert-OH is 1. The lowest BCUT2D eigenvalue weighted by molar-refractivity contribution is -0.149. The molecular weight excluding hydrogens is 516 g/mol. The maximum Gasteiger partial charge on any atom is 0.408 e. The van der Waals surface area contributed by atoms with Crippen LogP contribution in [0.2, 0.25) is 0 Å². The summed E-state index contributed by atoms with van der Waals surface area (Å²) in [6.45, 7) is 3.39. The molecule has 0 aliphatic rings. The van der Waals surface area contributed by atoms with Crippen LogP contribution in [0.25, 0.3) is 0 Å². The number of carbonyl (C=O) groups excluding carboxylic acids is 3. The molecular formula is C26H32N2O7S2. The molecule has 0 aromatic heterocycles. The number of benzene rings is 2. The Morgan fingerprint density at radius 2 is 1.49 bits per heavy atom. The lowest BCUT2D eigenvalue weighted by atomic mass is 10.1. The van der Waals surface area contributed by atoms with E-state index in [1.54, 1.807) is 11.8 Å². The minimum absolute atomic E-state index is 0.0283. The molecule has 4 atom stereocenters. The first-order chi connectivity index (χ1) is 17.7. The van der Waals surface area contributed by atoms with Crippen LogP contribution in [0, 0.1) is 0 Å². The van der Waals surface area contributed by atoms with Crippen molar-refractivity contribution < 1.29 is 33.7 Å². The predicted octanol–water partition coefficient (Wildman–Crippen LogP) is 3.29. The van der Waals surface area contributed by atoms with Gasteiger partial charge in [-0.1, -0.05) is 91.6 Å². The van der Waals surface area contributed by atoms with E-state index in [1.807, 2.05) is 60.7 Å². The van der Waals surface area contributed by atoms with Crippen molar-refractivity contribution in [2.45, 2.75) is 50.4 Å². The number of carbonyl (C=O) groups is 3. The van der Waals surface area contributed by atoms with Crippen molar-refractivity contribution in [2.75, 3.05) is 14.2 Å². The lowest BCUT2D eigenvalue weighted by Gasteiger charge is -2.34. The van der Waals surface area contributed by atoms with E-state index in [1.165, 1.54) is 21.1 Å². The first-order valence-corrected chi connectivity index (χ1v) is 12.8. The number of hydrogen-bond acceptors (Lipinski definition) is 9. The molecule has 9 nitrogen and oxygen atoms in total. The van der Waals surface area contributed by atoms with Crippen LogP contribution in [0.3, 0.4) is 0 Å². The number of hydrogen-bond donors (Lipinski definition) is 2. The third-order valence-corrected chi connectivity index (χ3v) is 6.97. The quantitative estimate of drug-likeness (QED) is 0.246. The van der Waals surface area contributed by atoms with Gasteiger partial charge in [-0.15, -0.1) is 0 Å². The highest BCUT2D eigenvalue weighted by Gasteiger charge is 2.36. The Kier molecular flexibility index (Phi) is 12.3. The fourth-order valence-electron chi connectivity index (χ4n) is 3.44. The number of methoxy groups -OCH3 is 2. The molecule has 0 spiro atoms. The second-order valence-corrected chi connectivity index (χ2v) is 10.1. The van der Waals surface area contributed by atoms with Crippen LogP contribution in [-0.2, 0) is 37.0 Å². The van der Waals surface area contributed by atoms with E-state index < -0.39 is 41.5 Å². The van der Waals surface area contributed by atoms with Crippen molar-refractivity contribution >= 4 is 46.3 Å². The second-order valence-electron chi connectivity index (χ2n) is 8.12. The van der Waals surface area contributed by atoms with E-state index in [-0.39, 0.29) is 17.5 Å². The molecule has 2 aromatic carbocycles. The van der Waals surface area contributed by atoms with Gasteiger partial charge in [0.15, 0.2) is 6.04 Å². The average Bonchev–Trinajstić information content (AvgIpc) is 2.90. The number of nitrogens with zero attached hydrogens (tertiary/aromatic N) is 1. The summed E-state index contributed by atoms with van der Waals surface area (Å²) in [7, 11) is 2.44. The van der Waals surface area contributed by atoms with Crippen molar-refractivity contribution in [1.29, 1.82) is 0 Å². The molecule has 0 aliphatic carbocycles. The molecule has 1 amide bonds. The van der Waals surface area contributed by atoms with Crippen LogP contribution in [-0.4, -0.2) is 70.0 Å². The van der Waals surface area contributed by atoms with Gasteiger partial charge in [0.1, 0.15) is 17.0 Å². The Bertz CT molecular complexity index is 1040. The second kappa shape index (κ2) is 15.2. The first-order valence-electron chi connectivity index (χ1n) is 11.5. The largest absolute Gasteiger partial charge is 0.467 e. The third kappa shape index (κ3) is 9.34. The molecule has 0 bridgehead atoms. The highest BCUT2D eigenvalue weighted by molar-refractivity contribution is 8.23. The smallest absolute Gasteiger partial charge is 0.408 e. The van der Waals surface area contributed by atoms with Crippen molar-refractivity contribution in [3.05, 3.63) is 71.8 Å². The summed E-state index contributed by atoms with van der Waals surface area (Å²) in [5.41, 5.74) is 1.64. The van der Waals surface area contributed by atoms with Crippen LogP contribution < -0.4 is 5.32 Å². The first kappa shape index (κ1) is 30.1. The van der Waals surface area contributed by atoms with Crippen LogP contribution in [0.1, 0.15) is 25.0 Å². The Hall–Kier alpha value is -3.15. The molecule has 2 rings (SSSR count). The monoisotopic (exact) mass is 548 g/mol. The maximum absolute atomic E-state index is 12.6. The van der Waals surface area contributed by atoms with Crippen molar-refractivity contribution in [3.8, 4) is 0 Å². The van der Waals surface area contributed by atoms with Gasteiger partial charge in [-0.25, -0.2) is 14.4 Å². The van der Waals surface area contributed by atoms with E-state index in [9.17, 15) is 19.5 Å². The highest BCUT2D eigenvalue weighted by Crippen LogP contribution is 2.25. The zero-order chi connectivity index (χ0) is 27.4. The summed E-state index contributed by atoms with van der Waals surface area (Å²) >= 11 is 6.73. The Morgan fingerprint density at radius 1 is 0.946 bits per heavy atom. The fraction of sp³-hybridized carbons (Fsp3) is 0.385. The maximum atomic E-state index is 12.6. The standard InChI is InChI=1S/C26H32N2O7S2/c1-17(29)22(24(31)34-4)28(15-19-11-7-5-8-12-19)26(36)37-18(2)21(23(30)33-3)27-25(32)35-16-20-13-9-6-10-14-20/h5-14,17-18,21-22,29H,15-16H2,1-4H3,(H,27,32)/t17-,18-,21-,22+/m0/s1. The summed E-state index contributed by atoms with van der Waals surface area (Å²) in [5.74, 6) is -1.34. The summed E-state index contributed by atoms with van der Waals surface area (Å²) in [6.07, 6.45) is -1.90. The summed E-state index contributed by atoms with van der Waals surface area (Å²) in [4.78, 5) is 39.1. The number of esters is 2. The molecule has 2 aromatic rings. The number of nitrogens with one attached hydrogen (secondary N) is 1. The van der Waals surface area contributed by atoms with E-state index in [0.29, 0.717) is 0 Å². The van der Waals surface area contributed by atoms with E-state index in [2.05, 4.69) is 5.32 Å². The van der Waals surface area contributed by atoms with Crippen LogP contribution >= 0.6 is 24.0 Å². The van der Waals surface area contributed by atoms with Gasteiger partial charge in [-0.3, -0.25) is 0 Å². The number of thiocarbonyl (C=S) groups is 1. The highest BCUT2D eigenvalue weighted by atomic mass is 32.2. The Labute approximate surface area is 226 Å². The third-order valence-electron chi connectivity index (χ3n) is 5.36. The number of alkyl carbamates (subject to hydrolysis) is 1. The molecule has 0 saturated heterocycles. The molecule has 0 unspecified atom stereocenters. The molecule has 0 saturated carbocycles. The Balaban J connectivity index is 2.18. The summed E-state index contributed by atoms with van der Waals surface area (Å²) < 4.78 is 15.3. The van der Waals surface area contributed by atoms with Gasteiger partial charge in [0, 0.05) is 11.8 Å². The molecule has 2 N–H and O–H groups in total. The van der Waals surface area contributed by atoms with Crippen molar-refractivity contribution in [3.63, 3.8) is 0 Å². The van der Waals surface area contributed by atoms with Gasteiger partial charge in [0.2, 0.25) is 0 Å². The van der Waals surface area contributed by atoms with Crippen LogP contribution in [0.5, 0.6) is 0 Å². The minimum Gasteiger partial charge on any atom is -0.467 e. The van der Waals surface area contributed by atoms with Gasteiger partial charge in [-0.05, 0) is 18.1 Å². The molecule has 0 heterocycles. The number of rotatable bonds is 11. The van der Waals surface area contributed by atoms with E-state index >= 15 is 0 Å². The minimum atomic E-state index is -1.10. The molecule has 0 radical (unpaired) electrons. The van der Waals surface area contributed by atoms with Crippen molar-refractivity contribution in [1.82, 2.24) is 10.2 Å². The Morgan fingerprint density at radius 3 is 2.00 bits per heavy atom. The zero-order valence-electron chi connectivity index (χ0n) is 21.2.